The molecule has 0 aliphatic rings. The third-order valence-corrected chi connectivity index (χ3v) is 2.67. The van der Waals surface area contributed by atoms with Gasteiger partial charge in [-0.2, -0.15) is 0 Å². The molecule has 0 aliphatic heterocycles. The van der Waals surface area contributed by atoms with Crippen LogP contribution in [0.5, 0.6) is 0 Å². The third-order valence-electron chi connectivity index (χ3n) is 2.67. The Hall–Kier alpha value is -1.63. The Morgan fingerprint density at radius 2 is 1.91 bits per heavy atom. The molecule has 6 nitrogen and oxygen atoms in total. The molecule has 0 fully saturated rings. The molecule has 0 bridgehead atoms. The SMILES string of the molecule is CC(O)/C(F)=C/CCCCC(NC(=O)OC(C)(C)C)C(=O)O. The van der Waals surface area contributed by atoms with Crippen LogP contribution in [0.3, 0.4) is 0 Å². The Bertz CT molecular complexity index is 401. The van der Waals surface area contributed by atoms with E-state index in [1.54, 1.807) is 20.8 Å². The molecular weight excluding hydrogens is 293 g/mol. The fraction of sp³-hybridized carbons (Fsp3) is 0.733. The van der Waals surface area contributed by atoms with Crippen LogP contribution in [0.15, 0.2) is 11.9 Å². The highest BCUT2D eigenvalue weighted by molar-refractivity contribution is 5.79. The number of aliphatic carboxylic acids is 1. The molecule has 1 amide bonds. The van der Waals surface area contributed by atoms with Gasteiger partial charge in [-0.15, -0.1) is 0 Å². The molecule has 2 atom stereocenters. The number of hydrogen-bond acceptors (Lipinski definition) is 4. The number of allylic oxidation sites excluding steroid dienone is 1. The normalized spacial score (nSPS) is 15.1. The van der Waals surface area contributed by atoms with Gasteiger partial charge < -0.3 is 20.3 Å². The summed E-state index contributed by atoms with van der Waals surface area (Å²) in [7, 11) is 0. The fourth-order valence-electron chi connectivity index (χ4n) is 1.61. The van der Waals surface area contributed by atoms with Gasteiger partial charge in [0.1, 0.15) is 23.6 Å². The van der Waals surface area contributed by atoms with Gasteiger partial charge in [0.2, 0.25) is 0 Å². The van der Waals surface area contributed by atoms with Gasteiger partial charge >= 0.3 is 12.1 Å². The minimum atomic E-state index is -1.14. The van der Waals surface area contributed by atoms with Gasteiger partial charge in [-0.05, 0) is 47.0 Å². The van der Waals surface area contributed by atoms with Crippen LogP contribution in [-0.2, 0) is 9.53 Å². The maximum absolute atomic E-state index is 13.0. The summed E-state index contributed by atoms with van der Waals surface area (Å²) in [6.07, 6.45) is 1.05. The molecule has 0 heterocycles. The number of rotatable bonds is 8. The Labute approximate surface area is 130 Å². The summed E-state index contributed by atoms with van der Waals surface area (Å²) in [5.74, 6) is -1.74. The molecule has 0 saturated heterocycles. The molecule has 2 unspecified atom stereocenters. The summed E-state index contributed by atoms with van der Waals surface area (Å²) in [5.41, 5.74) is -0.698. The molecule has 0 radical (unpaired) electrons. The van der Waals surface area contributed by atoms with Crippen molar-refractivity contribution in [2.75, 3.05) is 0 Å². The highest BCUT2D eigenvalue weighted by atomic mass is 19.1. The van der Waals surface area contributed by atoms with Crippen molar-refractivity contribution >= 4 is 12.1 Å². The van der Waals surface area contributed by atoms with Gasteiger partial charge in [0.05, 0.1) is 0 Å². The average molecular weight is 319 g/mol. The van der Waals surface area contributed by atoms with Gasteiger partial charge in [0.25, 0.3) is 0 Å². The van der Waals surface area contributed by atoms with Gasteiger partial charge in [0, 0.05) is 0 Å². The zero-order valence-electron chi connectivity index (χ0n) is 13.6. The van der Waals surface area contributed by atoms with E-state index in [1.807, 2.05) is 0 Å². The minimum Gasteiger partial charge on any atom is -0.480 e. The number of carbonyl (C=O) groups excluding carboxylic acids is 1. The van der Waals surface area contributed by atoms with E-state index in [2.05, 4.69) is 5.32 Å². The molecule has 128 valence electrons. The van der Waals surface area contributed by atoms with Crippen molar-refractivity contribution in [3.63, 3.8) is 0 Å². The standard InChI is InChI=1S/C15H26FNO5/c1-10(18)11(16)8-6-5-7-9-12(13(19)20)17-14(21)22-15(2,3)4/h8,10,12,18H,5-7,9H2,1-4H3,(H,17,21)(H,19,20)/b11-8-. The number of carboxylic acid groups (broad SMARTS) is 1. The molecule has 0 spiro atoms. The van der Waals surface area contributed by atoms with E-state index in [-0.39, 0.29) is 6.42 Å². The molecular formula is C15H26FNO5. The van der Waals surface area contributed by atoms with Gasteiger partial charge in [0.15, 0.2) is 0 Å². The van der Waals surface area contributed by atoms with Crippen LogP contribution in [0.2, 0.25) is 0 Å². The van der Waals surface area contributed by atoms with Gasteiger partial charge in [-0.3, -0.25) is 0 Å². The summed E-state index contributed by atoms with van der Waals surface area (Å²) >= 11 is 0. The van der Waals surface area contributed by atoms with E-state index in [1.165, 1.54) is 13.0 Å². The lowest BCUT2D eigenvalue weighted by atomic mass is 10.1. The van der Waals surface area contributed by atoms with Crippen molar-refractivity contribution in [1.29, 1.82) is 0 Å². The predicted molar refractivity (Wildman–Crippen MR) is 80.1 cm³/mol. The summed E-state index contributed by atoms with van der Waals surface area (Å²) in [5, 5.41) is 20.3. The first-order chi connectivity index (χ1) is 10.0. The first-order valence-electron chi connectivity index (χ1n) is 7.29. The molecule has 0 saturated carbocycles. The number of hydrogen-bond donors (Lipinski definition) is 3. The van der Waals surface area contributed by atoms with E-state index < -0.39 is 35.6 Å². The minimum absolute atomic E-state index is 0.221. The van der Waals surface area contributed by atoms with Crippen LogP contribution in [0, 0.1) is 0 Å². The summed E-state index contributed by atoms with van der Waals surface area (Å²) in [4.78, 5) is 22.6. The molecule has 7 heteroatoms. The molecule has 0 aromatic rings. The zero-order chi connectivity index (χ0) is 17.3. The van der Waals surface area contributed by atoms with E-state index in [4.69, 9.17) is 14.9 Å². The van der Waals surface area contributed by atoms with E-state index in [0.717, 1.165) is 0 Å². The quantitative estimate of drug-likeness (QED) is 0.598. The number of ether oxygens (including phenoxy) is 1. The lowest BCUT2D eigenvalue weighted by molar-refractivity contribution is -0.139. The monoisotopic (exact) mass is 319 g/mol. The number of unbranched alkanes of at least 4 members (excludes halogenated alkanes) is 2. The van der Waals surface area contributed by atoms with Gasteiger partial charge in [-0.25, -0.2) is 14.0 Å². The fourth-order valence-corrected chi connectivity index (χ4v) is 1.61. The maximum atomic E-state index is 13.0. The van der Waals surface area contributed by atoms with Crippen molar-refractivity contribution in [3.8, 4) is 0 Å². The second kappa shape index (κ2) is 9.40. The number of halogens is 1. The number of carbonyl (C=O) groups is 2. The summed E-state index contributed by atoms with van der Waals surface area (Å²) in [6.45, 7) is 6.39. The van der Waals surface area contributed by atoms with E-state index in [0.29, 0.717) is 19.3 Å². The van der Waals surface area contributed by atoms with Crippen molar-refractivity contribution in [2.45, 2.75) is 71.1 Å². The second-order valence-electron chi connectivity index (χ2n) is 6.09. The zero-order valence-corrected chi connectivity index (χ0v) is 13.6. The Kier molecular flexibility index (Phi) is 8.70. The largest absolute Gasteiger partial charge is 0.480 e. The van der Waals surface area contributed by atoms with Crippen molar-refractivity contribution in [2.24, 2.45) is 0 Å². The first kappa shape index (κ1) is 20.4. The van der Waals surface area contributed by atoms with E-state index >= 15 is 0 Å². The van der Waals surface area contributed by atoms with Crippen molar-refractivity contribution < 1.29 is 28.9 Å². The highest BCUT2D eigenvalue weighted by Gasteiger charge is 2.23. The molecule has 22 heavy (non-hydrogen) atoms. The summed E-state index contributed by atoms with van der Waals surface area (Å²) in [6, 6.07) is -1.04. The molecule has 3 N–H and O–H groups in total. The molecule has 0 aromatic heterocycles. The second-order valence-corrected chi connectivity index (χ2v) is 6.09. The van der Waals surface area contributed by atoms with Crippen LogP contribution in [0.4, 0.5) is 9.18 Å². The molecule has 0 aromatic carbocycles. The molecule has 0 rings (SSSR count). The van der Waals surface area contributed by atoms with Gasteiger partial charge in [-0.1, -0.05) is 12.5 Å². The lowest BCUT2D eigenvalue weighted by Gasteiger charge is -2.22. The Balaban J connectivity index is 4.19. The number of aliphatic hydroxyl groups excluding tert-OH is 1. The first-order valence-corrected chi connectivity index (χ1v) is 7.29. The number of carboxylic acids is 1. The van der Waals surface area contributed by atoms with Crippen molar-refractivity contribution in [3.05, 3.63) is 11.9 Å². The van der Waals surface area contributed by atoms with Crippen molar-refractivity contribution in [1.82, 2.24) is 5.32 Å². The smallest absolute Gasteiger partial charge is 0.408 e. The van der Waals surface area contributed by atoms with Crippen LogP contribution in [0.1, 0.15) is 53.4 Å². The Morgan fingerprint density at radius 1 is 1.32 bits per heavy atom. The number of amides is 1. The Morgan fingerprint density at radius 3 is 2.36 bits per heavy atom. The lowest BCUT2D eigenvalue weighted by Crippen LogP contribution is -2.43. The summed E-state index contributed by atoms with van der Waals surface area (Å²) < 4.78 is 18.0. The van der Waals surface area contributed by atoms with Crippen LogP contribution in [-0.4, -0.2) is 40.0 Å². The maximum Gasteiger partial charge on any atom is 0.408 e. The molecule has 0 aliphatic carbocycles. The average Bonchev–Trinajstić information content (AvgIpc) is 2.33. The predicted octanol–water partition coefficient (Wildman–Crippen LogP) is 2.76. The van der Waals surface area contributed by atoms with Crippen LogP contribution >= 0.6 is 0 Å². The van der Waals surface area contributed by atoms with E-state index in [9.17, 15) is 14.0 Å². The topological polar surface area (TPSA) is 95.9 Å². The number of aliphatic hydroxyl groups is 1. The van der Waals surface area contributed by atoms with Crippen LogP contribution < -0.4 is 5.32 Å². The number of alkyl carbamates (subject to hydrolysis) is 1. The van der Waals surface area contributed by atoms with Crippen LogP contribution in [0.25, 0.3) is 0 Å². The highest BCUT2D eigenvalue weighted by Crippen LogP contribution is 2.11. The third kappa shape index (κ3) is 10.1. The number of nitrogens with one attached hydrogen (secondary N) is 1.